The highest BCUT2D eigenvalue weighted by atomic mass is 16.3. The molecule has 1 heterocycles. The summed E-state index contributed by atoms with van der Waals surface area (Å²) in [5.41, 5.74) is 1.08. The predicted molar refractivity (Wildman–Crippen MR) is 89.8 cm³/mol. The van der Waals surface area contributed by atoms with E-state index in [0.717, 1.165) is 38.1 Å². The summed E-state index contributed by atoms with van der Waals surface area (Å²) in [6.07, 6.45) is 7.11. The van der Waals surface area contributed by atoms with Crippen LogP contribution < -0.4 is 0 Å². The van der Waals surface area contributed by atoms with E-state index >= 15 is 0 Å². The molecular weight excluding hydrogens is 286 g/mol. The van der Waals surface area contributed by atoms with Crippen molar-refractivity contribution in [2.24, 2.45) is 17.3 Å². The Labute approximate surface area is 138 Å². The number of amides is 1. The van der Waals surface area contributed by atoms with E-state index in [4.69, 9.17) is 0 Å². The Balaban J connectivity index is 1.62. The van der Waals surface area contributed by atoms with Crippen LogP contribution in [0.3, 0.4) is 0 Å². The standard InChI is InChI=1S/C20H27NO2/c22-18-7-4-10-21(14-18)19(23)20(12-15-5-2-1-3-6-15)13-16-8-9-17(20)11-16/h1-3,5-6,16-18,22H,4,7-14H2. The first-order valence-corrected chi connectivity index (χ1v) is 9.19. The van der Waals surface area contributed by atoms with Crippen LogP contribution in [0, 0.1) is 17.3 Å². The number of β-amino-alcohol motifs (C(OH)–C–C–N with tert-alkyl or cyclic N) is 1. The number of nitrogens with zero attached hydrogens (tertiary/aromatic N) is 1. The minimum Gasteiger partial charge on any atom is -0.391 e. The van der Waals surface area contributed by atoms with Crippen LogP contribution in [-0.2, 0) is 11.2 Å². The van der Waals surface area contributed by atoms with Gasteiger partial charge >= 0.3 is 0 Å². The van der Waals surface area contributed by atoms with Gasteiger partial charge in [-0.2, -0.15) is 0 Å². The predicted octanol–water partition coefficient (Wildman–Crippen LogP) is 3.02. The second kappa shape index (κ2) is 5.94. The van der Waals surface area contributed by atoms with Gasteiger partial charge in [0.1, 0.15) is 0 Å². The summed E-state index contributed by atoms with van der Waals surface area (Å²) in [7, 11) is 0. The lowest BCUT2D eigenvalue weighted by molar-refractivity contribution is -0.148. The number of carbonyl (C=O) groups is 1. The zero-order valence-corrected chi connectivity index (χ0v) is 13.8. The van der Waals surface area contributed by atoms with Crippen LogP contribution in [0.2, 0.25) is 0 Å². The van der Waals surface area contributed by atoms with Gasteiger partial charge in [-0.25, -0.2) is 0 Å². The highest BCUT2D eigenvalue weighted by molar-refractivity contribution is 5.84. The lowest BCUT2D eigenvalue weighted by Crippen LogP contribution is -2.52. The van der Waals surface area contributed by atoms with Crippen molar-refractivity contribution in [2.45, 2.75) is 51.0 Å². The number of fused-ring (bicyclic) bond motifs is 2. The number of hydrogen-bond acceptors (Lipinski definition) is 2. The largest absolute Gasteiger partial charge is 0.391 e. The van der Waals surface area contributed by atoms with Gasteiger partial charge in [0, 0.05) is 13.1 Å². The molecule has 4 atom stereocenters. The van der Waals surface area contributed by atoms with Gasteiger partial charge in [0.25, 0.3) is 0 Å². The fourth-order valence-corrected chi connectivity index (χ4v) is 5.41. The maximum atomic E-state index is 13.5. The van der Waals surface area contributed by atoms with E-state index in [1.165, 1.54) is 24.8 Å². The molecule has 0 spiro atoms. The zero-order chi connectivity index (χ0) is 15.9. The van der Waals surface area contributed by atoms with Crippen molar-refractivity contribution in [1.82, 2.24) is 4.90 Å². The van der Waals surface area contributed by atoms with E-state index in [-0.39, 0.29) is 11.5 Å². The van der Waals surface area contributed by atoms with Gasteiger partial charge in [-0.15, -0.1) is 0 Å². The number of aliphatic hydroxyl groups excluding tert-OH is 1. The Morgan fingerprint density at radius 3 is 2.70 bits per heavy atom. The molecule has 1 aromatic rings. The second-order valence-electron chi connectivity index (χ2n) is 7.95. The minimum absolute atomic E-state index is 0.207. The summed E-state index contributed by atoms with van der Waals surface area (Å²) in [4.78, 5) is 15.4. The molecule has 1 aliphatic heterocycles. The van der Waals surface area contributed by atoms with Gasteiger partial charge in [0.15, 0.2) is 0 Å². The van der Waals surface area contributed by atoms with Gasteiger partial charge in [-0.1, -0.05) is 36.8 Å². The number of aliphatic hydroxyl groups is 1. The summed E-state index contributed by atoms with van der Waals surface area (Å²) in [6.45, 7) is 1.36. The van der Waals surface area contributed by atoms with E-state index in [0.29, 0.717) is 18.4 Å². The normalized spacial score (nSPS) is 36.4. The molecule has 2 bridgehead atoms. The molecule has 4 unspecified atom stereocenters. The highest BCUT2D eigenvalue weighted by Crippen LogP contribution is 2.58. The van der Waals surface area contributed by atoms with Gasteiger partial charge in [0.2, 0.25) is 5.91 Å². The molecule has 3 heteroatoms. The quantitative estimate of drug-likeness (QED) is 0.932. The Bertz CT molecular complexity index is 572. The summed E-state index contributed by atoms with van der Waals surface area (Å²) in [5, 5.41) is 9.98. The topological polar surface area (TPSA) is 40.5 Å². The van der Waals surface area contributed by atoms with Crippen molar-refractivity contribution in [3.05, 3.63) is 35.9 Å². The summed E-state index contributed by atoms with van der Waals surface area (Å²) in [6, 6.07) is 10.5. The lowest BCUT2D eigenvalue weighted by atomic mass is 9.68. The fourth-order valence-electron chi connectivity index (χ4n) is 5.41. The minimum atomic E-state index is -0.333. The Hall–Kier alpha value is -1.35. The third-order valence-electron chi connectivity index (χ3n) is 6.45. The molecule has 1 aromatic carbocycles. The molecule has 0 aromatic heterocycles. The number of likely N-dealkylation sites (tertiary alicyclic amines) is 1. The smallest absolute Gasteiger partial charge is 0.229 e. The molecule has 1 amide bonds. The maximum absolute atomic E-state index is 13.5. The molecule has 2 aliphatic carbocycles. The first-order valence-electron chi connectivity index (χ1n) is 9.19. The molecule has 1 N–H and O–H groups in total. The van der Waals surface area contributed by atoms with Crippen molar-refractivity contribution in [2.75, 3.05) is 13.1 Å². The first-order chi connectivity index (χ1) is 11.2. The van der Waals surface area contributed by atoms with Crippen molar-refractivity contribution >= 4 is 5.91 Å². The molecule has 3 nitrogen and oxygen atoms in total. The number of piperidine rings is 1. The number of hydrogen-bond donors (Lipinski definition) is 1. The first kappa shape index (κ1) is 15.2. The Morgan fingerprint density at radius 2 is 2.04 bits per heavy atom. The van der Waals surface area contributed by atoms with Crippen molar-refractivity contribution in [3.63, 3.8) is 0 Å². The van der Waals surface area contributed by atoms with Crippen molar-refractivity contribution < 1.29 is 9.90 Å². The molecule has 4 rings (SSSR count). The molecular formula is C20H27NO2. The fraction of sp³-hybridized carbons (Fsp3) is 0.650. The molecule has 3 fully saturated rings. The average Bonchev–Trinajstić information content (AvgIpc) is 3.16. The highest BCUT2D eigenvalue weighted by Gasteiger charge is 2.56. The summed E-state index contributed by atoms with van der Waals surface area (Å²) >= 11 is 0. The van der Waals surface area contributed by atoms with Crippen molar-refractivity contribution in [3.8, 4) is 0 Å². The third kappa shape index (κ3) is 2.69. The molecule has 23 heavy (non-hydrogen) atoms. The lowest BCUT2D eigenvalue weighted by Gasteiger charge is -2.42. The average molecular weight is 313 g/mol. The van der Waals surface area contributed by atoms with Gasteiger partial charge in [-0.05, 0) is 55.9 Å². The van der Waals surface area contributed by atoms with E-state index in [1.54, 1.807) is 0 Å². The van der Waals surface area contributed by atoms with Crippen LogP contribution in [0.4, 0.5) is 0 Å². The number of carbonyl (C=O) groups excluding carboxylic acids is 1. The van der Waals surface area contributed by atoms with Crippen LogP contribution in [0.1, 0.15) is 44.1 Å². The van der Waals surface area contributed by atoms with Gasteiger partial charge in [-0.3, -0.25) is 4.79 Å². The molecule has 124 valence electrons. The van der Waals surface area contributed by atoms with Crippen LogP contribution in [0.15, 0.2) is 30.3 Å². The van der Waals surface area contributed by atoms with Crippen LogP contribution in [-0.4, -0.2) is 35.1 Å². The Morgan fingerprint density at radius 1 is 1.22 bits per heavy atom. The van der Waals surface area contributed by atoms with Crippen LogP contribution in [0.25, 0.3) is 0 Å². The van der Waals surface area contributed by atoms with Crippen LogP contribution in [0.5, 0.6) is 0 Å². The molecule has 0 radical (unpaired) electrons. The van der Waals surface area contributed by atoms with E-state index in [1.807, 2.05) is 11.0 Å². The maximum Gasteiger partial charge on any atom is 0.229 e. The number of benzene rings is 1. The van der Waals surface area contributed by atoms with Gasteiger partial charge < -0.3 is 10.0 Å². The summed E-state index contributed by atoms with van der Waals surface area (Å²) in [5.74, 6) is 1.61. The third-order valence-corrected chi connectivity index (χ3v) is 6.45. The molecule has 1 saturated heterocycles. The Kier molecular flexibility index (Phi) is 3.92. The summed E-state index contributed by atoms with van der Waals surface area (Å²) < 4.78 is 0. The van der Waals surface area contributed by atoms with Gasteiger partial charge in [0.05, 0.1) is 11.5 Å². The van der Waals surface area contributed by atoms with Crippen LogP contribution >= 0.6 is 0 Å². The molecule has 2 saturated carbocycles. The molecule has 3 aliphatic rings. The number of rotatable bonds is 3. The van der Waals surface area contributed by atoms with E-state index in [2.05, 4.69) is 24.3 Å². The van der Waals surface area contributed by atoms with Crippen molar-refractivity contribution in [1.29, 1.82) is 0 Å². The second-order valence-corrected chi connectivity index (χ2v) is 7.95. The monoisotopic (exact) mass is 313 g/mol. The van der Waals surface area contributed by atoms with E-state index in [9.17, 15) is 9.90 Å². The zero-order valence-electron chi connectivity index (χ0n) is 13.8. The van der Waals surface area contributed by atoms with E-state index < -0.39 is 0 Å². The SMILES string of the molecule is O=C(N1CCCC(O)C1)C1(Cc2ccccc2)CC2CCC1C2.